The van der Waals surface area contributed by atoms with Crippen LogP contribution in [0.5, 0.6) is 0 Å². The van der Waals surface area contributed by atoms with Crippen molar-refractivity contribution in [1.82, 2.24) is 14.0 Å². The summed E-state index contributed by atoms with van der Waals surface area (Å²) in [6, 6.07) is 7.82. The topological polar surface area (TPSA) is 154 Å². The van der Waals surface area contributed by atoms with Crippen molar-refractivity contribution in [3.8, 4) is 0 Å². The van der Waals surface area contributed by atoms with Gasteiger partial charge in [0.05, 0.1) is 27.1 Å². The number of nitro groups is 1. The molecular formula is C21H25N5O7S2. The molecule has 0 radical (unpaired) electrons. The number of hydrazine groups is 1. The van der Waals surface area contributed by atoms with Crippen molar-refractivity contribution in [2.24, 2.45) is 0 Å². The third-order valence-corrected chi connectivity index (χ3v) is 8.74. The summed E-state index contributed by atoms with van der Waals surface area (Å²) in [7, 11) is -7.55. The number of nitrogens with zero attached hydrogens (tertiary/aromatic N) is 4. The van der Waals surface area contributed by atoms with E-state index < -0.39 is 31.2 Å². The first-order valence-electron chi connectivity index (χ1n) is 10.9. The molecule has 3 heterocycles. The predicted octanol–water partition coefficient (Wildman–Crippen LogP) is 2.65. The molecule has 1 fully saturated rings. The fourth-order valence-electron chi connectivity index (χ4n) is 3.82. The number of aromatic nitrogens is 2. The Hall–Kier alpha value is -3.07. The van der Waals surface area contributed by atoms with Crippen LogP contribution in [0.3, 0.4) is 0 Å². The van der Waals surface area contributed by atoms with Gasteiger partial charge in [0.1, 0.15) is 11.9 Å². The van der Waals surface area contributed by atoms with Gasteiger partial charge in [0.2, 0.25) is 0 Å². The fraction of sp³-hybridized carbons (Fsp3) is 0.381. The van der Waals surface area contributed by atoms with Gasteiger partial charge in [-0.15, -0.1) is 0 Å². The number of hydrogen-bond donors (Lipinski definition) is 1. The second kappa shape index (κ2) is 9.53. The minimum absolute atomic E-state index is 0.0472. The number of piperidine rings is 1. The number of nitrogens with one attached hydrogen (secondary N) is 1. The molecule has 12 nitrogen and oxygen atoms in total. The maximum atomic E-state index is 13.2. The Kier molecular flexibility index (Phi) is 6.81. The Morgan fingerprint density at radius 3 is 2.40 bits per heavy atom. The molecule has 3 aromatic rings. The van der Waals surface area contributed by atoms with Crippen LogP contribution < -0.4 is 5.43 Å². The third kappa shape index (κ3) is 5.15. The van der Waals surface area contributed by atoms with Crippen molar-refractivity contribution in [2.45, 2.75) is 37.7 Å². The first kappa shape index (κ1) is 25.0. The molecule has 1 aliphatic heterocycles. The van der Waals surface area contributed by atoms with E-state index in [1.165, 1.54) is 31.3 Å². The summed E-state index contributed by atoms with van der Waals surface area (Å²) in [5.41, 5.74) is 3.77. The minimum atomic E-state index is -3.98. The van der Waals surface area contributed by atoms with Crippen molar-refractivity contribution < 1.29 is 25.9 Å². The highest BCUT2D eigenvalue weighted by molar-refractivity contribution is 7.90. The van der Waals surface area contributed by atoms with Crippen LogP contribution in [0.2, 0.25) is 0 Å². The van der Waals surface area contributed by atoms with Gasteiger partial charge in [-0.3, -0.25) is 14.3 Å². The largest absolute Gasteiger partial charge is 0.312 e. The average molecular weight is 524 g/mol. The SMILES string of the molecule is CCS(=O)(=O)OC1CCN(Nc2c([N+](=O)[O-])cnc3c2ccn3S(=O)(=O)c2ccc(C)cc2)CC1. The monoisotopic (exact) mass is 523 g/mol. The van der Waals surface area contributed by atoms with E-state index in [1.54, 1.807) is 17.1 Å². The number of anilines is 1. The number of hydrogen-bond acceptors (Lipinski definition) is 10. The van der Waals surface area contributed by atoms with Gasteiger partial charge in [0.15, 0.2) is 5.65 Å². The first-order chi connectivity index (χ1) is 16.5. The van der Waals surface area contributed by atoms with Gasteiger partial charge < -0.3 is 5.43 Å². The standard InChI is InChI=1S/C21H25N5O7S2/c1-3-34(29,30)33-16-8-11-24(12-9-16)23-20-18-10-13-25(21(18)22-14-19(20)26(27)28)35(31,32)17-6-4-15(2)5-7-17/h4-7,10,13-14,16H,3,8-9,11-12H2,1-2H3,(H,22,23). The zero-order chi connectivity index (χ0) is 25.4. The van der Waals surface area contributed by atoms with Crippen LogP contribution >= 0.6 is 0 Å². The van der Waals surface area contributed by atoms with E-state index in [0.29, 0.717) is 25.9 Å². The van der Waals surface area contributed by atoms with Crippen LogP contribution in [-0.2, 0) is 24.3 Å². The highest BCUT2D eigenvalue weighted by atomic mass is 32.2. The Bertz CT molecular complexity index is 1460. The van der Waals surface area contributed by atoms with Crippen LogP contribution in [-0.4, -0.2) is 60.7 Å². The Balaban J connectivity index is 1.64. The molecule has 35 heavy (non-hydrogen) atoms. The molecule has 1 saturated heterocycles. The predicted molar refractivity (Wildman–Crippen MR) is 129 cm³/mol. The van der Waals surface area contributed by atoms with Gasteiger partial charge in [-0.05, 0) is 44.9 Å². The lowest BCUT2D eigenvalue weighted by molar-refractivity contribution is -0.384. The number of rotatable bonds is 8. The van der Waals surface area contributed by atoms with Crippen LogP contribution in [0.25, 0.3) is 11.0 Å². The van der Waals surface area contributed by atoms with Crippen LogP contribution in [0, 0.1) is 17.0 Å². The Labute approximate surface area is 202 Å². The van der Waals surface area contributed by atoms with Crippen molar-refractivity contribution in [3.05, 3.63) is 58.4 Å². The van der Waals surface area contributed by atoms with E-state index in [1.807, 2.05) is 6.92 Å². The molecule has 0 amide bonds. The van der Waals surface area contributed by atoms with Gasteiger partial charge in [-0.1, -0.05) is 17.7 Å². The lowest BCUT2D eigenvalue weighted by Gasteiger charge is -2.32. The second-order valence-corrected chi connectivity index (χ2v) is 11.9. The molecule has 14 heteroatoms. The molecule has 188 valence electrons. The molecule has 1 N–H and O–H groups in total. The molecule has 1 aliphatic rings. The molecule has 4 rings (SSSR count). The minimum Gasteiger partial charge on any atom is -0.312 e. The van der Waals surface area contributed by atoms with Crippen molar-refractivity contribution in [2.75, 3.05) is 24.3 Å². The number of pyridine rings is 1. The summed E-state index contributed by atoms with van der Waals surface area (Å²) >= 11 is 0. The van der Waals surface area contributed by atoms with Gasteiger partial charge in [-0.25, -0.2) is 22.4 Å². The molecule has 0 aliphatic carbocycles. The lowest BCUT2D eigenvalue weighted by Crippen LogP contribution is -2.41. The smallest absolute Gasteiger partial charge is 0.312 e. The Morgan fingerprint density at radius 2 is 1.80 bits per heavy atom. The van der Waals surface area contributed by atoms with Gasteiger partial charge in [-0.2, -0.15) is 8.42 Å². The first-order valence-corrected chi connectivity index (χ1v) is 13.9. The molecule has 2 aromatic heterocycles. The van der Waals surface area contributed by atoms with E-state index in [2.05, 4.69) is 10.4 Å². The molecule has 0 bridgehead atoms. The van der Waals surface area contributed by atoms with E-state index in [-0.39, 0.29) is 33.1 Å². The lowest BCUT2D eigenvalue weighted by atomic mass is 10.1. The zero-order valence-corrected chi connectivity index (χ0v) is 20.8. The summed E-state index contributed by atoms with van der Waals surface area (Å²) in [4.78, 5) is 15.3. The van der Waals surface area contributed by atoms with Gasteiger partial charge >= 0.3 is 5.69 Å². The van der Waals surface area contributed by atoms with E-state index >= 15 is 0 Å². The summed E-state index contributed by atoms with van der Waals surface area (Å²) in [5.74, 6) is -0.116. The van der Waals surface area contributed by atoms with Crippen molar-refractivity contribution in [1.29, 1.82) is 0 Å². The highest BCUT2D eigenvalue weighted by Crippen LogP contribution is 2.34. The maximum absolute atomic E-state index is 13.2. The average Bonchev–Trinajstić information content (AvgIpc) is 3.26. The van der Waals surface area contributed by atoms with Gasteiger partial charge in [0, 0.05) is 19.3 Å². The zero-order valence-electron chi connectivity index (χ0n) is 19.1. The molecule has 0 unspecified atom stereocenters. The summed E-state index contributed by atoms with van der Waals surface area (Å²) in [6.45, 7) is 4.09. The molecular weight excluding hydrogens is 498 g/mol. The molecule has 0 saturated carbocycles. The number of fused-ring (bicyclic) bond motifs is 1. The van der Waals surface area contributed by atoms with E-state index in [9.17, 15) is 26.9 Å². The Morgan fingerprint density at radius 1 is 1.14 bits per heavy atom. The molecule has 0 atom stereocenters. The highest BCUT2D eigenvalue weighted by Gasteiger charge is 2.29. The third-order valence-electron chi connectivity index (χ3n) is 5.78. The van der Waals surface area contributed by atoms with Gasteiger partial charge in [0.25, 0.3) is 20.1 Å². The number of aryl methyl sites for hydroxylation is 1. The van der Waals surface area contributed by atoms with Crippen molar-refractivity contribution in [3.63, 3.8) is 0 Å². The summed E-state index contributed by atoms with van der Waals surface area (Å²) in [5, 5.41) is 13.7. The van der Waals surface area contributed by atoms with Crippen molar-refractivity contribution >= 4 is 42.5 Å². The number of benzene rings is 1. The van der Waals surface area contributed by atoms with E-state index in [4.69, 9.17) is 4.18 Å². The normalized spacial score (nSPS) is 15.9. The van der Waals surface area contributed by atoms with Crippen LogP contribution in [0.15, 0.2) is 47.6 Å². The summed E-state index contributed by atoms with van der Waals surface area (Å²) < 4.78 is 56.0. The van der Waals surface area contributed by atoms with Crippen LogP contribution in [0.4, 0.5) is 11.4 Å². The second-order valence-electron chi connectivity index (χ2n) is 8.18. The fourth-order valence-corrected chi connectivity index (χ4v) is 5.87. The maximum Gasteiger partial charge on any atom is 0.312 e. The van der Waals surface area contributed by atoms with Crippen LogP contribution in [0.1, 0.15) is 25.3 Å². The molecule has 0 spiro atoms. The molecule has 1 aromatic carbocycles. The summed E-state index contributed by atoms with van der Waals surface area (Å²) in [6.07, 6.45) is 2.67. The quantitative estimate of drug-likeness (QED) is 0.265. The van der Waals surface area contributed by atoms with E-state index in [0.717, 1.165) is 15.7 Å².